The van der Waals surface area contributed by atoms with Crippen LogP contribution in [0.15, 0.2) is 72.8 Å². The summed E-state index contributed by atoms with van der Waals surface area (Å²) in [5, 5.41) is 8.10. The number of hydrogen-bond acceptors (Lipinski definition) is 6. The Kier molecular flexibility index (Phi) is 6.24. The summed E-state index contributed by atoms with van der Waals surface area (Å²) in [5.74, 6) is 3.85. The van der Waals surface area contributed by atoms with Gasteiger partial charge in [0.2, 0.25) is 5.95 Å². The lowest BCUT2D eigenvalue weighted by molar-refractivity contribution is 0.412. The van der Waals surface area contributed by atoms with Crippen molar-refractivity contribution >= 4 is 22.7 Å². The second-order valence-electron chi connectivity index (χ2n) is 8.28. The fraction of sp³-hybridized carbons (Fsp3) is 0.259. The third kappa shape index (κ3) is 5.00. The number of ether oxygens (including phenoxy) is 2. The third-order valence-corrected chi connectivity index (χ3v) is 6.00. The van der Waals surface area contributed by atoms with Crippen molar-refractivity contribution in [3.63, 3.8) is 0 Å². The van der Waals surface area contributed by atoms with Crippen LogP contribution in [0.5, 0.6) is 17.2 Å². The lowest BCUT2D eigenvalue weighted by Gasteiger charge is -2.16. The van der Waals surface area contributed by atoms with E-state index in [2.05, 4.69) is 16.7 Å². The molecule has 3 aromatic carbocycles. The zero-order chi connectivity index (χ0) is 22.5. The molecule has 0 amide bonds. The summed E-state index contributed by atoms with van der Waals surface area (Å²) in [6.45, 7) is 0.549. The lowest BCUT2D eigenvalue weighted by Crippen LogP contribution is -2.17. The third-order valence-electron chi connectivity index (χ3n) is 6.00. The van der Waals surface area contributed by atoms with Crippen LogP contribution in [0.3, 0.4) is 0 Å². The summed E-state index contributed by atoms with van der Waals surface area (Å²) in [4.78, 5) is 9.57. The highest BCUT2D eigenvalue weighted by atomic mass is 16.5. The maximum absolute atomic E-state index is 6.13. The highest BCUT2D eigenvalue weighted by molar-refractivity contribution is 5.90. The zero-order valence-electron chi connectivity index (χ0n) is 18.8. The number of benzene rings is 3. The van der Waals surface area contributed by atoms with Gasteiger partial charge in [0.25, 0.3) is 0 Å². The van der Waals surface area contributed by atoms with E-state index in [1.807, 2.05) is 66.7 Å². The Bertz CT molecular complexity index is 1220. The summed E-state index contributed by atoms with van der Waals surface area (Å²) >= 11 is 0. The Morgan fingerprint density at radius 3 is 2.39 bits per heavy atom. The lowest BCUT2D eigenvalue weighted by atomic mass is 10.2. The van der Waals surface area contributed by atoms with Gasteiger partial charge in [-0.1, -0.05) is 43.2 Å². The first-order valence-electron chi connectivity index (χ1n) is 11.5. The molecule has 6 nitrogen and oxygen atoms in total. The molecule has 0 spiro atoms. The van der Waals surface area contributed by atoms with E-state index in [-0.39, 0.29) is 0 Å². The fourth-order valence-corrected chi connectivity index (χ4v) is 4.22. The largest absolute Gasteiger partial charge is 0.497 e. The van der Waals surface area contributed by atoms with Crippen molar-refractivity contribution in [1.82, 2.24) is 9.97 Å². The number of anilines is 2. The molecule has 0 saturated heterocycles. The Labute approximate surface area is 194 Å². The molecule has 0 bridgehead atoms. The van der Waals surface area contributed by atoms with Crippen molar-refractivity contribution in [1.29, 1.82) is 0 Å². The molecule has 1 fully saturated rings. The molecule has 33 heavy (non-hydrogen) atoms. The van der Waals surface area contributed by atoms with Crippen LogP contribution in [-0.4, -0.2) is 23.1 Å². The Morgan fingerprint density at radius 2 is 1.58 bits per heavy atom. The number of aromatic nitrogens is 2. The molecule has 0 aliphatic heterocycles. The fourth-order valence-electron chi connectivity index (χ4n) is 4.22. The Hall–Kier alpha value is -3.80. The molecule has 168 valence electrons. The smallest absolute Gasteiger partial charge is 0.225 e. The second-order valence-corrected chi connectivity index (χ2v) is 8.28. The molecule has 1 aliphatic rings. The van der Waals surface area contributed by atoms with E-state index in [1.165, 1.54) is 25.7 Å². The van der Waals surface area contributed by atoms with Gasteiger partial charge in [-0.3, -0.25) is 0 Å². The SMILES string of the molecule is COc1ccc(Oc2ccccc2CNc2nc(NC3CCCC3)c3ccccc3n2)cc1. The Morgan fingerprint density at radius 1 is 0.848 bits per heavy atom. The highest BCUT2D eigenvalue weighted by Crippen LogP contribution is 2.29. The standard InChI is InChI=1S/C27H28N4O2/c1-32-21-14-16-22(17-15-21)33-25-13-7-2-8-19(25)18-28-27-30-24-12-6-5-11-23(24)26(31-27)29-20-9-3-4-10-20/h2,5-8,11-17,20H,3-4,9-10,18H2,1H3,(H2,28,29,30,31). The minimum atomic E-state index is 0.481. The maximum Gasteiger partial charge on any atom is 0.225 e. The van der Waals surface area contributed by atoms with Crippen molar-refractivity contribution in [3.8, 4) is 17.2 Å². The van der Waals surface area contributed by atoms with Gasteiger partial charge in [0, 0.05) is 23.5 Å². The normalized spacial score (nSPS) is 13.7. The number of para-hydroxylation sites is 2. The molecule has 6 heteroatoms. The number of fused-ring (bicyclic) bond motifs is 1. The average Bonchev–Trinajstić information content (AvgIpc) is 3.37. The number of hydrogen-bond donors (Lipinski definition) is 2. The van der Waals surface area contributed by atoms with Gasteiger partial charge in [-0.25, -0.2) is 4.98 Å². The van der Waals surface area contributed by atoms with Crippen molar-refractivity contribution in [2.24, 2.45) is 0 Å². The van der Waals surface area contributed by atoms with Gasteiger partial charge in [-0.15, -0.1) is 0 Å². The monoisotopic (exact) mass is 440 g/mol. The first-order chi connectivity index (χ1) is 16.3. The molecule has 4 aromatic rings. The number of nitrogens with zero attached hydrogens (tertiary/aromatic N) is 2. The van der Waals surface area contributed by atoms with Crippen molar-refractivity contribution in [3.05, 3.63) is 78.4 Å². The molecule has 1 heterocycles. The van der Waals surface area contributed by atoms with Crippen molar-refractivity contribution in [2.45, 2.75) is 38.3 Å². The zero-order valence-corrected chi connectivity index (χ0v) is 18.8. The van der Waals surface area contributed by atoms with Gasteiger partial charge in [-0.05, 0) is 55.3 Å². The summed E-state index contributed by atoms with van der Waals surface area (Å²) < 4.78 is 11.4. The molecular formula is C27H28N4O2. The summed E-state index contributed by atoms with van der Waals surface area (Å²) in [6.07, 6.45) is 4.93. The average molecular weight is 441 g/mol. The van der Waals surface area contributed by atoms with Gasteiger partial charge >= 0.3 is 0 Å². The molecule has 0 radical (unpaired) electrons. The first-order valence-corrected chi connectivity index (χ1v) is 11.5. The minimum absolute atomic E-state index is 0.481. The minimum Gasteiger partial charge on any atom is -0.497 e. The van der Waals surface area contributed by atoms with Crippen LogP contribution in [0.25, 0.3) is 10.9 Å². The van der Waals surface area contributed by atoms with Crippen LogP contribution in [0.1, 0.15) is 31.2 Å². The van der Waals surface area contributed by atoms with E-state index in [9.17, 15) is 0 Å². The maximum atomic E-state index is 6.13. The van der Waals surface area contributed by atoms with Crippen LogP contribution in [0.4, 0.5) is 11.8 Å². The van der Waals surface area contributed by atoms with Crippen LogP contribution in [0.2, 0.25) is 0 Å². The molecular weight excluding hydrogens is 412 g/mol. The predicted molar refractivity (Wildman–Crippen MR) is 132 cm³/mol. The van der Waals surface area contributed by atoms with E-state index in [4.69, 9.17) is 19.4 Å². The molecule has 1 aliphatic carbocycles. The van der Waals surface area contributed by atoms with Gasteiger partial charge in [0.15, 0.2) is 0 Å². The van der Waals surface area contributed by atoms with E-state index in [0.29, 0.717) is 18.5 Å². The molecule has 5 rings (SSSR count). The molecule has 1 saturated carbocycles. The summed E-state index contributed by atoms with van der Waals surface area (Å²) in [6, 6.07) is 24.2. The number of methoxy groups -OCH3 is 1. The van der Waals surface area contributed by atoms with Crippen LogP contribution in [-0.2, 0) is 6.54 Å². The van der Waals surface area contributed by atoms with Crippen molar-refractivity contribution < 1.29 is 9.47 Å². The van der Waals surface area contributed by atoms with Crippen LogP contribution >= 0.6 is 0 Å². The van der Waals surface area contributed by atoms with E-state index in [1.54, 1.807) is 7.11 Å². The molecule has 1 aromatic heterocycles. The topological polar surface area (TPSA) is 68.3 Å². The quantitative estimate of drug-likeness (QED) is 0.331. The summed E-state index contributed by atoms with van der Waals surface area (Å²) in [5.41, 5.74) is 1.95. The van der Waals surface area contributed by atoms with E-state index in [0.717, 1.165) is 39.5 Å². The van der Waals surface area contributed by atoms with E-state index < -0.39 is 0 Å². The Balaban J connectivity index is 1.35. The molecule has 2 N–H and O–H groups in total. The number of rotatable bonds is 8. The first kappa shape index (κ1) is 21.1. The van der Waals surface area contributed by atoms with Crippen molar-refractivity contribution in [2.75, 3.05) is 17.7 Å². The van der Waals surface area contributed by atoms with Crippen LogP contribution < -0.4 is 20.1 Å². The second kappa shape index (κ2) is 9.77. The molecule has 0 unspecified atom stereocenters. The van der Waals surface area contributed by atoms with Gasteiger partial charge in [0.1, 0.15) is 23.1 Å². The molecule has 0 atom stereocenters. The predicted octanol–water partition coefficient (Wildman–Crippen LogP) is 6.40. The van der Waals surface area contributed by atoms with Gasteiger partial charge < -0.3 is 20.1 Å². The van der Waals surface area contributed by atoms with E-state index >= 15 is 0 Å². The van der Waals surface area contributed by atoms with Gasteiger partial charge in [0.05, 0.1) is 12.6 Å². The summed E-state index contributed by atoms with van der Waals surface area (Å²) in [7, 11) is 1.65. The number of nitrogens with one attached hydrogen (secondary N) is 2. The van der Waals surface area contributed by atoms with Gasteiger partial charge in [-0.2, -0.15) is 4.98 Å². The van der Waals surface area contributed by atoms with Crippen LogP contribution in [0, 0.1) is 0 Å². The highest BCUT2D eigenvalue weighted by Gasteiger charge is 2.17.